The van der Waals surface area contributed by atoms with Gasteiger partial charge in [-0.2, -0.15) is 0 Å². The third-order valence-corrected chi connectivity index (χ3v) is 4.33. The maximum absolute atomic E-state index is 13.0. The van der Waals surface area contributed by atoms with Crippen molar-refractivity contribution in [2.75, 3.05) is 5.73 Å². The molecule has 1 atom stereocenters. The molecule has 22 heavy (non-hydrogen) atoms. The van der Waals surface area contributed by atoms with Gasteiger partial charge in [-0.15, -0.1) is 0 Å². The second-order valence-corrected chi connectivity index (χ2v) is 6.22. The van der Waals surface area contributed by atoms with Crippen LogP contribution in [-0.4, -0.2) is 4.57 Å². The molecule has 2 N–H and O–H groups in total. The maximum Gasteiger partial charge on any atom is 0.123 e. The second kappa shape index (κ2) is 5.97. The zero-order valence-electron chi connectivity index (χ0n) is 12.1. The zero-order valence-corrected chi connectivity index (χ0v) is 13.7. The van der Waals surface area contributed by atoms with Gasteiger partial charge in [0, 0.05) is 22.6 Å². The quantitative estimate of drug-likeness (QED) is 0.637. The number of nitrogen functional groups attached to an aromatic ring is 1. The molecule has 0 spiro atoms. The summed E-state index contributed by atoms with van der Waals surface area (Å²) in [6, 6.07) is 14.5. The predicted octanol–water partition coefficient (Wildman–Crippen LogP) is 5.25. The normalized spacial score (nSPS) is 12.3. The van der Waals surface area contributed by atoms with Gasteiger partial charge in [0.1, 0.15) is 5.82 Å². The Morgan fingerprint density at radius 3 is 2.50 bits per heavy atom. The van der Waals surface area contributed by atoms with Crippen molar-refractivity contribution in [3.8, 4) is 11.1 Å². The molecule has 3 rings (SSSR count). The second-order valence-electron chi connectivity index (χ2n) is 5.30. The van der Waals surface area contributed by atoms with Gasteiger partial charge in [0.15, 0.2) is 0 Å². The largest absolute Gasteiger partial charge is 0.398 e. The summed E-state index contributed by atoms with van der Waals surface area (Å²) in [5, 5.41) is 0. The van der Waals surface area contributed by atoms with Crippen LogP contribution in [0.1, 0.15) is 18.5 Å². The van der Waals surface area contributed by atoms with Gasteiger partial charge in [0.25, 0.3) is 0 Å². The molecule has 1 heterocycles. The van der Waals surface area contributed by atoms with Crippen LogP contribution >= 0.6 is 15.9 Å². The Bertz CT molecular complexity index is 793. The summed E-state index contributed by atoms with van der Waals surface area (Å²) in [6.45, 7) is 2.10. The van der Waals surface area contributed by atoms with E-state index in [1.165, 1.54) is 12.1 Å². The standard InChI is InChI=1S/C18H16BrFN2/c1-12(17-10-15(19)4-7-18(17)21)22-9-8-14(11-22)13-2-5-16(20)6-3-13/h2-12H,21H2,1H3. The molecule has 0 bridgehead atoms. The number of benzene rings is 2. The van der Waals surface area contributed by atoms with Gasteiger partial charge in [-0.3, -0.25) is 0 Å². The van der Waals surface area contributed by atoms with Crippen LogP contribution in [0.15, 0.2) is 65.4 Å². The minimum Gasteiger partial charge on any atom is -0.398 e. The highest BCUT2D eigenvalue weighted by Crippen LogP contribution is 2.29. The predicted molar refractivity (Wildman–Crippen MR) is 92.2 cm³/mol. The van der Waals surface area contributed by atoms with E-state index < -0.39 is 0 Å². The van der Waals surface area contributed by atoms with Crippen LogP contribution in [0, 0.1) is 5.82 Å². The van der Waals surface area contributed by atoms with Crippen molar-refractivity contribution in [3.63, 3.8) is 0 Å². The number of hydrogen-bond donors (Lipinski definition) is 1. The smallest absolute Gasteiger partial charge is 0.123 e. The van der Waals surface area contributed by atoms with E-state index in [1.807, 2.05) is 30.5 Å². The Morgan fingerprint density at radius 1 is 1.05 bits per heavy atom. The van der Waals surface area contributed by atoms with Gasteiger partial charge >= 0.3 is 0 Å². The molecule has 2 nitrogen and oxygen atoms in total. The first-order chi connectivity index (χ1) is 10.5. The van der Waals surface area contributed by atoms with Crippen molar-refractivity contribution in [1.82, 2.24) is 4.57 Å². The third-order valence-electron chi connectivity index (χ3n) is 3.84. The van der Waals surface area contributed by atoms with E-state index >= 15 is 0 Å². The molecule has 0 saturated carbocycles. The SMILES string of the molecule is CC(c1cc(Br)ccc1N)n1ccc(-c2ccc(F)cc2)c1. The van der Waals surface area contributed by atoms with Crippen LogP contribution in [0.4, 0.5) is 10.1 Å². The van der Waals surface area contributed by atoms with Crippen molar-refractivity contribution in [1.29, 1.82) is 0 Å². The molecule has 3 aromatic rings. The first kappa shape index (κ1) is 14.9. The maximum atomic E-state index is 13.0. The van der Waals surface area contributed by atoms with Crippen molar-refractivity contribution < 1.29 is 4.39 Å². The molecule has 0 amide bonds. The minimum atomic E-state index is -0.224. The van der Waals surface area contributed by atoms with Crippen LogP contribution in [0.2, 0.25) is 0 Å². The van der Waals surface area contributed by atoms with Gasteiger partial charge in [-0.1, -0.05) is 28.1 Å². The fourth-order valence-electron chi connectivity index (χ4n) is 2.54. The van der Waals surface area contributed by atoms with E-state index in [0.717, 1.165) is 26.9 Å². The number of hydrogen-bond acceptors (Lipinski definition) is 1. The highest BCUT2D eigenvalue weighted by atomic mass is 79.9. The molecule has 112 valence electrons. The zero-order chi connectivity index (χ0) is 15.7. The molecule has 2 aromatic carbocycles. The molecule has 1 unspecified atom stereocenters. The third kappa shape index (κ3) is 2.92. The fourth-order valence-corrected chi connectivity index (χ4v) is 2.91. The first-order valence-corrected chi connectivity index (χ1v) is 7.82. The molecular formula is C18H16BrFN2. The van der Waals surface area contributed by atoms with E-state index in [9.17, 15) is 4.39 Å². The van der Waals surface area contributed by atoms with Crippen LogP contribution < -0.4 is 5.73 Å². The molecule has 0 aliphatic rings. The molecule has 4 heteroatoms. The van der Waals surface area contributed by atoms with Crippen LogP contribution in [0.25, 0.3) is 11.1 Å². The number of halogens is 2. The Morgan fingerprint density at radius 2 is 1.77 bits per heavy atom. The fraction of sp³-hybridized carbons (Fsp3) is 0.111. The van der Waals surface area contributed by atoms with E-state index in [0.29, 0.717) is 0 Å². The monoisotopic (exact) mass is 358 g/mol. The topological polar surface area (TPSA) is 30.9 Å². The summed E-state index contributed by atoms with van der Waals surface area (Å²) in [5.41, 5.74) is 9.97. The first-order valence-electron chi connectivity index (χ1n) is 7.03. The average Bonchev–Trinajstić information content (AvgIpc) is 2.99. The van der Waals surface area contributed by atoms with Crippen molar-refractivity contribution in [2.24, 2.45) is 0 Å². The van der Waals surface area contributed by atoms with Crippen LogP contribution in [-0.2, 0) is 0 Å². The van der Waals surface area contributed by atoms with Gasteiger partial charge < -0.3 is 10.3 Å². The molecule has 0 saturated heterocycles. The van der Waals surface area contributed by atoms with E-state index in [2.05, 4.69) is 33.6 Å². The Labute approximate surface area is 137 Å². The summed E-state index contributed by atoms with van der Waals surface area (Å²) in [7, 11) is 0. The molecule has 1 aromatic heterocycles. The highest BCUT2D eigenvalue weighted by Gasteiger charge is 2.12. The number of aromatic nitrogens is 1. The lowest BCUT2D eigenvalue weighted by atomic mass is 10.1. The molecule has 0 aliphatic heterocycles. The van der Waals surface area contributed by atoms with E-state index in [-0.39, 0.29) is 11.9 Å². The summed E-state index contributed by atoms with van der Waals surface area (Å²) in [6.07, 6.45) is 4.07. The number of nitrogens with two attached hydrogens (primary N) is 1. The Hall–Kier alpha value is -2.07. The molecule has 0 fully saturated rings. The van der Waals surface area contributed by atoms with E-state index in [4.69, 9.17) is 5.73 Å². The number of nitrogens with zero attached hydrogens (tertiary/aromatic N) is 1. The lowest BCUT2D eigenvalue weighted by Gasteiger charge is -2.17. The molecular weight excluding hydrogens is 343 g/mol. The summed E-state index contributed by atoms with van der Waals surface area (Å²) >= 11 is 3.49. The van der Waals surface area contributed by atoms with Crippen molar-refractivity contribution in [2.45, 2.75) is 13.0 Å². The van der Waals surface area contributed by atoms with Crippen LogP contribution in [0.3, 0.4) is 0 Å². The summed E-state index contributed by atoms with van der Waals surface area (Å²) < 4.78 is 16.1. The van der Waals surface area contributed by atoms with Crippen molar-refractivity contribution in [3.05, 3.63) is 76.8 Å². The lowest BCUT2D eigenvalue weighted by Crippen LogP contribution is -2.07. The average molecular weight is 359 g/mol. The Kier molecular flexibility index (Phi) is 4.03. The van der Waals surface area contributed by atoms with Gasteiger partial charge in [0.2, 0.25) is 0 Å². The number of rotatable bonds is 3. The molecule has 0 aliphatic carbocycles. The van der Waals surface area contributed by atoms with Gasteiger partial charge in [-0.25, -0.2) is 4.39 Å². The Balaban J connectivity index is 1.93. The summed E-state index contributed by atoms with van der Waals surface area (Å²) in [4.78, 5) is 0. The van der Waals surface area contributed by atoms with E-state index in [1.54, 1.807) is 12.1 Å². The summed E-state index contributed by atoms with van der Waals surface area (Å²) in [5.74, 6) is -0.224. The number of anilines is 1. The van der Waals surface area contributed by atoms with Crippen molar-refractivity contribution >= 4 is 21.6 Å². The minimum absolute atomic E-state index is 0.117. The highest BCUT2D eigenvalue weighted by molar-refractivity contribution is 9.10. The molecule has 0 radical (unpaired) electrons. The van der Waals surface area contributed by atoms with Gasteiger partial charge in [-0.05, 0) is 60.0 Å². The van der Waals surface area contributed by atoms with Crippen LogP contribution in [0.5, 0.6) is 0 Å². The van der Waals surface area contributed by atoms with Gasteiger partial charge in [0.05, 0.1) is 6.04 Å². The lowest BCUT2D eigenvalue weighted by molar-refractivity contribution is 0.628.